The van der Waals surface area contributed by atoms with Crippen LogP contribution in [0.1, 0.15) is 102 Å². The molecule has 1 aromatic carbocycles. The molecule has 0 N–H and O–H groups in total. The zero-order valence-electron chi connectivity index (χ0n) is 19.2. The molecule has 30 heavy (non-hydrogen) atoms. The van der Waals surface area contributed by atoms with Crippen LogP contribution in [0.3, 0.4) is 0 Å². The van der Waals surface area contributed by atoms with E-state index in [9.17, 15) is 4.39 Å². The van der Waals surface area contributed by atoms with Gasteiger partial charge in [0.05, 0.1) is 6.17 Å². The third kappa shape index (κ3) is 9.82. The maximum absolute atomic E-state index is 13.2. The minimum absolute atomic E-state index is 0.591. The number of unbranched alkanes of at least 4 members (excludes halogenated alkanes) is 8. The normalized spacial score (nSPS) is 12.2. The van der Waals surface area contributed by atoms with Crippen LogP contribution < -0.4 is 0 Å². The largest absolute Gasteiger partial charge is 0.248 e. The summed E-state index contributed by atoms with van der Waals surface area (Å²) in [5, 5.41) is 0. The Balaban J connectivity index is 1.63. The van der Waals surface area contributed by atoms with Crippen LogP contribution in [0.4, 0.5) is 4.39 Å². The first-order chi connectivity index (χ1) is 14.7. The maximum atomic E-state index is 13.2. The summed E-state index contributed by atoms with van der Waals surface area (Å²) in [5.74, 6) is 0.817. The van der Waals surface area contributed by atoms with E-state index in [1.165, 1.54) is 68.9 Å². The molecule has 2 rings (SSSR count). The second-order valence-electron chi connectivity index (χ2n) is 8.59. The van der Waals surface area contributed by atoms with Gasteiger partial charge in [-0.1, -0.05) is 89.5 Å². The Morgan fingerprint density at radius 2 is 1.27 bits per heavy atom. The molecule has 1 atom stereocenters. The zero-order valence-corrected chi connectivity index (χ0v) is 19.2. The Hall–Kier alpha value is -1.77. The predicted octanol–water partition coefficient (Wildman–Crippen LogP) is 8.29. The summed E-state index contributed by atoms with van der Waals surface area (Å²) >= 11 is 0. The van der Waals surface area contributed by atoms with Crippen LogP contribution in [0.25, 0.3) is 11.4 Å². The number of alkyl halides is 1. The number of benzene rings is 1. The highest BCUT2D eigenvalue weighted by molar-refractivity contribution is 5.55. The molecule has 3 heteroatoms. The molecule has 1 heterocycles. The van der Waals surface area contributed by atoms with Crippen LogP contribution in [0.5, 0.6) is 0 Å². The molecule has 0 fully saturated rings. The summed E-state index contributed by atoms with van der Waals surface area (Å²) in [4.78, 5) is 9.14. The van der Waals surface area contributed by atoms with Crippen molar-refractivity contribution in [3.63, 3.8) is 0 Å². The van der Waals surface area contributed by atoms with Crippen molar-refractivity contribution >= 4 is 0 Å². The SMILES string of the molecule is CCCCCCc1cnc(-c2ccc(CCCCCCCCC(F)CC)cc2)nc1. The molecule has 0 aliphatic heterocycles. The van der Waals surface area contributed by atoms with Crippen LogP contribution in [0, 0.1) is 0 Å². The predicted molar refractivity (Wildman–Crippen MR) is 127 cm³/mol. The summed E-state index contributed by atoms with van der Waals surface area (Å²) in [7, 11) is 0. The number of hydrogen-bond acceptors (Lipinski definition) is 2. The van der Waals surface area contributed by atoms with E-state index in [0.717, 1.165) is 37.1 Å². The van der Waals surface area contributed by atoms with Crippen LogP contribution in [-0.4, -0.2) is 16.1 Å². The van der Waals surface area contributed by atoms with Crippen LogP contribution in [0.15, 0.2) is 36.7 Å². The van der Waals surface area contributed by atoms with Gasteiger partial charge in [-0.2, -0.15) is 0 Å². The Kier molecular flexibility index (Phi) is 12.3. The molecule has 0 radical (unpaired) electrons. The molecular weight excluding hydrogens is 371 g/mol. The zero-order chi connectivity index (χ0) is 21.4. The van der Waals surface area contributed by atoms with Crippen molar-refractivity contribution in [3.8, 4) is 11.4 Å². The minimum Gasteiger partial charge on any atom is -0.248 e. The lowest BCUT2D eigenvalue weighted by molar-refractivity contribution is 0.296. The molecule has 166 valence electrons. The fraction of sp³-hybridized carbons (Fsp3) is 0.630. The van der Waals surface area contributed by atoms with Gasteiger partial charge in [0.25, 0.3) is 0 Å². The van der Waals surface area contributed by atoms with E-state index in [1.54, 1.807) is 0 Å². The highest BCUT2D eigenvalue weighted by Crippen LogP contribution is 2.18. The number of hydrogen-bond donors (Lipinski definition) is 0. The molecule has 2 nitrogen and oxygen atoms in total. The average molecular weight is 413 g/mol. The quantitative estimate of drug-likeness (QED) is 0.259. The van der Waals surface area contributed by atoms with Crippen LogP contribution in [0.2, 0.25) is 0 Å². The lowest BCUT2D eigenvalue weighted by Crippen LogP contribution is -1.96. The Bertz CT molecular complexity index is 666. The molecule has 2 aromatic rings. The molecular formula is C27H41FN2. The summed E-state index contributed by atoms with van der Waals surface area (Å²) in [6.07, 6.45) is 19.3. The molecule has 0 bridgehead atoms. The number of aromatic nitrogens is 2. The lowest BCUT2D eigenvalue weighted by atomic mass is 10.0. The minimum atomic E-state index is -0.591. The van der Waals surface area contributed by atoms with Gasteiger partial charge in [-0.3, -0.25) is 0 Å². The Morgan fingerprint density at radius 3 is 1.90 bits per heavy atom. The van der Waals surface area contributed by atoms with E-state index in [0.29, 0.717) is 6.42 Å². The molecule has 0 aliphatic rings. The van der Waals surface area contributed by atoms with E-state index in [1.807, 2.05) is 19.3 Å². The Morgan fingerprint density at radius 1 is 0.700 bits per heavy atom. The van der Waals surface area contributed by atoms with Gasteiger partial charge in [0.2, 0.25) is 0 Å². The standard InChI is InChI=1S/C27H41FN2/c1-3-5-6-11-15-24-21-29-27(30-22-24)25-19-17-23(18-20-25)14-12-9-7-8-10-13-16-26(28)4-2/h17-22,26H,3-16H2,1-2H3. The summed E-state index contributed by atoms with van der Waals surface area (Å²) in [6, 6.07) is 8.71. The second kappa shape index (κ2) is 15.1. The molecule has 0 saturated heterocycles. The number of aryl methyl sites for hydroxylation is 2. The fourth-order valence-electron chi connectivity index (χ4n) is 3.82. The van der Waals surface area contributed by atoms with E-state index >= 15 is 0 Å². The van der Waals surface area contributed by atoms with E-state index in [4.69, 9.17) is 0 Å². The van der Waals surface area contributed by atoms with Crippen molar-refractivity contribution in [3.05, 3.63) is 47.8 Å². The van der Waals surface area contributed by atoms with Crippen molar-refractivity contribution in [2.24, 2.45) is 0 Å². The molecule has 1 unspecified atom stereocenters. The van der Waals surface area contributed by atoms with Gasteiger partial charge in [0, 0.05) is 18.0 Å². The summed E-state index contributed by atoms with van der Waals surface area (Å²) in [5.41, 5.74) is 3.71. The van der Waals surface area contributed by atoms with Crippen LogP contribution >= 0.6 is 0 Å². The topological polar surface area (TPSA) is 25.8 Å². The van der Waals surface area contributed by atoms with Crippen LogP contribution in [-0.2, 0) is 12.8 Å². The molecule has 0 aliphatic carbocycles. The molecule has 1 aromatic heterocycles. The van der Waals surface area contributed by atoms with Crippen molar-refractivity contribution in [2.75, 3.05) is 0 Å². The van der Waals surface area contributed by atoms with Crippen molar-refractivity contribution in [2.45, 2.75) is 110 Å². The third-order valence-corrected chi connectivity index (χ3v) is 5.91. The Labute approximate surface area is 183 Å². The van der Waals surface area contributed by atoms with Gasteiger partial charge in [0.1, 0.15) is 0 Å². The molecule has 0 amide bonds. The van der Waals surface area contributed by atoms with Crippen molar-refractivity contribution in [1.29, 1.82) is 0 Å². The first-order valence-corrected chi connectivity index (χ1v) is 12.3. The van der Waals surface area contributed by atoms with E-state index in [2.05, 4.69) is 41.2 Å². The second-order valence-corrected chi connectivity index (χ2v) is 8.59. The van der Waals surface area contributed by atoms with Crippen molar-refractivity contribution < 1.29 is 4.39 Å². The highest BCUT2D eigenvalue weighted by Gasteiger charge is 2.04. The van der Waals surface area contributed by atoms with Gasteiger partial charge >= 0.3 is 0 Å². The number of rotatable bonds is 16. The third-order valence-electron chi connectivity index (χ3n) is 5.91. The monoisotopic (exact) mass is 412 g/mol. The van der Waals surface area contributed by atoms with E-state index < -0.39 is 6.17 Å². The summed E-state index contributed by atoms with van der Waals surface area (Å²) in [6.45, 7) is 4.17. The van der Waals surface area contributed by atoms with Crippen molar-refractivity contribution in [1.82, 2.24) is 9.97 Å². The number of nitrogens with zero attached hydrogens (tertiary/aromatic N) is 2. The maximum Gasteiger partial charge on any atom is 0.159 e. The van der Waals surface area contributed by atoms with Gasteiger partial charge in [-0.05, 0) is 49.7 Å². The van der Waals surface area contributed by atoms with Gasteiger partial charge in [-0.15, -0.1) is 0 Å². The fourth-order valence-corrected chi connectivity index (χ4v) is 3.82. The first kappa shape index (κ1) is 24.5. The number of halogens is 1. The first-order valence-electron chi connectivity index (χ1n) is 12.3. The van der Waals surface area contributed by atoms with Gasteiger partial charge in [0.15, 0.2) is 5.82 Å². The van der Waals surface area contributed by atoms with Gasteiger partial charge < -0.3 is 0 Å². The average Bonchev–Trinajstić information content (AvgIpc) is 2.79. The smallest absolute Gasteiger partial charge is 0.159 e. The summed E-state index contributed by atoms with van der Waals surface area (Å²) < 4.78 is 13.2. The molecule has 0 spiro atoms. The van der Waals surface area contributed by atoms with E-state index in [-0.39, 0.29) is 0 Å². The highest BCUT2D eigenvalue weighted by atomic mass is 19.1. The molecule has 0 saturated carbocycles. The van der Waals surface area contributed by atoms with Gasteiger partial charge in [-0.25, -0.2) is 14.4 Å². The lowest BCUT2D eigenvalue weighted by Gasteiger charge is -2.06.